The first kappa shape index (κ1) is 13.6. The van der Waals surface area contributed by atoms with Gasteiger partial charge in [0.05, 0.1) is 19.4 Å². The fourth-order valence-corrected chi connectivity index (χ4v) is 1.86. The van der Waals surface area contributed by atoms with Crippen molar-refractivity contribution in [2.75, 3.05) is 14.2 Å². The minimum absolute atomic E-state index is 0.504. The second kappa shape index (κ2) is 6.97. The molecule has 4 heteroatoms. The van der Waals surface area contributed by atoms with Crippen LogP contribution in [0.5, 0.6) is 5.75 Å². The summed E-state index contributed by atoms with van der Waals surface area (Å²) >= 11 is 0. The molecule has 2 aromatic rings. The molecule has 0 saturated carbocycles. The number of hydrogen-bond acceptors (Lipinski definition) is 4. The summed E-state index contributed by atoms with van der Waals surface area (Å²) in [6.07, 6.45) is 1.69. The molecule has 1 N–H and O–H groups in total. The van der Waals surface area contributed by atoms with Crippen LogP contribution in [0, 0.1) is 0 Å². The van der Waals surface area contributed by atoms with Gasteiger partial charge in [-0.3, -0.25) is 0 Å². The molecule has 1 aromatic heterocycles. The van der Waals surface area contributed by atoms with E-state index >= 15 is 0 Å². The van der Waals surface area contributed by atoms with E-state index in [2.05, 4.69) is 5.32 Å². The summed E-state index contributed by atoms with van der Waals surface area (Å²) in [4.78, 5) is 0. The Morgan fingerprint density at radius 2 is 2.11 bits per heavy atom. The van der Waals surface area contributed by atoms with Crippen molar-refractivity contribution in [1.82, 2.24) is 5.32 Å². The summed E-state index contributed by atoms with van der Waals surface area (Å²) < 4.78 is 16.3. The van der Waals surface area contributed by atoms with Crippen LogP contribution in [0.1, 0.15) is 16.9 Å². The van der Waals surface area contributed by atoms with E-state index in [1.807, 2.05) is 37.4 Å². The molecule has 1 aromatic carbocycles. The first-order valence-corrected chi connectivity index (χ1v) is 6.24. The van der Waals surface area contributed by atoms with E-state index in [4.69, 9.17) is 13.9 Å². The zero-order valence-electron chi connectivity index (χ0n) is 11.3. The molecule has 0 bridgehead atoms. The van der Waals surface area contributed by atoms with Crippen LogP contribution < -0.4 is 10.1 Å². The third-order valence-corrected chi connectivity index (χ3v) is 2.78. The van der Waals surface area contributed by atoms with E-state index < -0.39 is 0 Å². The van der Waals surface area contributed by atoms with Crippen molar-refractivity contribution in [3.05, 3.63) is 53.5 Å². The van der Waals surface area contributed by atoms with Gasteiger partial charge in [0.1, 0.15) is 18.1 Å². The Balaban J connectivity index is 1.97. The van der Waals surface area contributed by atoms with Gasteiger partial charge in [0.2, 0.25) is 0 Å². The maximum Gasteiger partial charge on any atom is 0.124 e. The molecule has 0 unspecified atom stereocenters. The zero-order valence-corrected chi connectivity index (χ0v) is 11.3. The minimum atomic E-state index is 0.504. The Kier molecular flexibility index (Phi) is 5.01. The molecule has 4 nitrogen and oxygen atoms in total. The van der Waals surface area contributed by atoms with Gasteiger partial charge >= 0.3 is 0 Å². The van der Waals surface area contributed by atoms with Crippen molar-refractivity contribution in [3.63, 3.8) is 0 Å². The van der Waals surface area contributed by atoms with Crippen LogP contribution in [0.2, 0.25) is 0 Å². The molecule has 0 amide bonds. The van der Waals surface area contributed by atoms with Crippen LogP contribution >= 0.6 is 0 Å². The van der Waals surface area contributed by atoms with Crippen LogP contribution in [0.25, 0.3) is 0 Å². The maximum atomic E-state index is 5.78. The van der Waals surface area contributed by atoms with Crippen LogP contribution in [0.15, 0.2) is 41.0 Å². The lowest BCUT2D eigenvalue weighted by Gasteiger charge is -2.08. The highest BCUT2D eigenvalue weighted by atomic mass is 16.5. The van der Waals surface area contributed by atoms with E-state index in [0.29, 0.717) is 19.8 Å². The topological polar surface area (TPSA) is 43.6 Å². The van der Waals surface area contributed by atoms with Crippen LogP contribution in [-0.4, -0.2) is 14.2 Å². The Morgan fingerprint density at radius 3 is 2.89 bits per heavy atom. The van der Waals surface area contributed by atoms with Gasteiger partial charge in [-0.05, 0) is 30.8 Å². The van der Waals surface area contributed by atoms with E-state index in [1.54, 1.807) is 13.4 Å². The van der Waals surface area contributed by atoms with Gasteiger partial charge in [-0.1, -0.05) is 12.1 Å². The molecule has 0 atom stereocenters. The van der Waals surface area contributed by atoms with Crippen LogP contribution in [0.3, 0.4) is 0 Å². The molecule has 0 spiro atoms. The highest BCUT2D eigenvalue weighted by Crippen LogP contribution is 2.17. The predicted molar refractivity (Wildman–Crippen MR) is 73.0 cm³/mol. The highest BCUT2D eigenvalue weighted by molar-refractivity contribution is 5.28. The molecular formula is C15H19NO3. The average molecular weight is 261 g/mol. The van der Waals surface area contributed by atoms with Gasteiger partial charge in [0, 0.05) is 12.7 Å². The molecule has 19 heavy (non-hydrogen) atoms. The summed E-state index contributed by atoms with van der Waals surface area (Å²) in [6, 6.07) is 9.85. The maximum absolute atomic E-state index is 5.78. The molecule has 0 aliphatic rings. The molecular weight excluding hydrogens is 242 g/mol. The normalized spacial score (nSPS) is 10.6. The molecule has 0 radical (unpaired) electrons. The van der Waals surface area contributed by atoms with Crippen molar-refractivity contribution >= 4 is 0 Å². The lowest BCUT2D eigenvalue weighted by Crippen LogP contribution is -2.07. The lowest BCUT2D eigenvalue weighted by atomic mass is 10.2. The monoisotopic (exact) mass is 261 g/mol. The van der Waals surface area contributed by atoms with E-state index in [9.17, 15) is 0 Å². The molecule has 0 aliphatic carbocycles. The first-order valence-electron chi connectivity index (χ1n) is 6.24. The molecule has 2 rings (SSSR count). The summed E-state index contributed by atoms with van der Waals surface area (Å²) in [5.74, 6) is 1.75. The van der Waals surface area contributed by atoms with Gasteiger partial charge in [-0.15, -0.1) is 0 Å². The van der Waals surface area contributed by atoms with Crippen molar-refractivity contribution < 1.29 is 13.9 Å². The van der Waals surface area contributed by atoms with Gasteiger partial charge in [0.25, 0.3) is 0 Å². The SMILES string of the molecule is CNCc1occc1COc1cccc(COC)c1. The second-order valence-electron chi connectivity index (χ2n) is 4.27. The standard InChI is InChI=1S/C15H19NO3/c1-16-9-15-13(6-7-18-15)11-19-14-5-3-4-12(8-14)10-17-2/h3-8,16H,9-11H2,1-2H3. The Hall–Kier alpha value is -1.78. The van der Waals surface area contributed by atoms with Crippen LogP contribution in [0.4, 0.5) is 0 Å². The van der Waals surface area contributed by atoms with Crippen molar-refractivity contribution in [2.45, 2.75) is 19.8 Å². The van der Waals surface area contributed by atoms with Crippen molar-refractivity contribution in [1.29, 1.82) is 0 Å². The highest BCUT2D eigenvalue weighted by Gasteiger charge is 2.06. The van der Waals surface area contributed by atoms with Crippen molar-refractivity contribution in [2.24, 2.45) is 0 Å². The number of furan rings is 1. The third-order valence-electron chi connectivity index (χ3n) is 2.78. The lowest BCUT2D eigenvalue weighted by molar-refractivity contribution is 0.184. The Bertz CT molecular complexity index is 508. The summed E-state index contributed by atoms with van der Waals surface area (Å²) in [5, 5.41) is 3.07. The molecule has 0 saturated heterocycles. The predicted octanol–water partition coefficient (Wildman–Crippen LogP) is 2.72. The quantitative estimate of drug-likeness (QED) is 0.832. The number of rotatable bonds is 7. The fourth-order valence-electron chi connectivity index (χ4n) is 1.86. The number of benzene rings is 1. The number of ether oxygens (including phenoxy) is 2. The van der Waals surface area contributed by atoms with Gasteiger partial charge in [0.15, 0.2) is 0 Å². The number of nitrogens with one attached hydrogen (secondary N) is 1. The van der Waals surface area contributed by atoms with E-state index in [-0.39, 0.29) is 0 Å². The van der Waals surface area contributed by atoms with E-state index in [0.717, 1.165) is 22.6 Å². The van der Waals surface area contributed by atoms with Crippen molar-refractivity contribution in [3.8, 4) is 5.75 Å². The zero-order chi connectivity index (χ0) is 13.5. The van der Waals surface area contributed by atoms with Crippen LogP contribution in [-0.2, 0) is 24.5 Å². The van der Waals surface area contributed by atoms with Gasteiger partial charge < -0.3 is 19.2 Å². The summed E-state index contributed by atoms with van der Waals surface area (Å²) in [7, 11) is 3.57. The molecule has 1 heterocycles. The summed E-state index contributed by atoms with van der Waals surface area (Å²) in [5.41, 5.74) is 2.16. The van der Waals surface area contributed by atoms with E-state index in [1.165, 1.54) is 0 Å². The summed E-state index contributed by atoms with van der Waals surface area (Å²) in [6.45, 7) is 1.80. The number of hydrogen-bond donors (Lipinski definition) is 1. The smallest absolute Gasteiger partial charge is 0.124 e. The Labute approximate surface area is 113 Å². The third kappa shape index (κ3) is 3.84. The molecule has 0 aliphatic heterocycles. The Morgan fingerprint density at radius 1 is 1.21 bits per heavy atom. The molecule has 0 fully saturated rings. The fraction of sp³-hybridized carbons (Fsp3) is 0.333. The second-order valence-corrected chi connectivity index (χ2v) is 4.27. The first-order chi connectivity index (χ1) is 9.33. The van der Waals surface area contributed by atoms with Gasteiger partial charge in [-0.25, -0.2) is 0 Å². The minimum Gasteiger partial charge on any atom is -0.489 e. The van der Waals surface area contributed by atoms with Gasteiger partial charge in [-0.2, -0.15) is 0 Å². The number of methoxy groups -OCH3 is 1. The average Bonchev–Trinajstić information content (AvgIpc) is 2.85. The largest absolute Gasteiger partial charge is 0.489 e. The molecule has 102 valence electrons.